The lowest BCUT2D eigenvalue weighted by molar-refractivity contribution is 0.0987. The molecule has 0 N–H and O–H groups in total. The molecule has 0 aliphatic carbocycles. The summed E-state index contributed by atoms with van der Waals surface area (Å²) in [6, 6.07) is 7.53. The van der Waals surface area contributed by atoms with Crippen molar-refractivity contribution in [3.63, 3.8) is 0 Å². The highest BCUT2D eigenvalue weighted by Crippen LogP contribution is 2.23. The summed E-state index contributed by atoms with van der Waals surface area (Å²) in [5.74, 6) is 3.09. The third kappa shape index (κ3) is 3.41. The van der Waals surface area contributed by atoms with Gasteiger partial charge in [-0.05, 0) is 45.0 Å². The van der Waals surface area contributed by atoms with Gasteiger partial charge in [-0.1, -0.05) is 17.3 Å². The maximum Gasteiger partial charge on any atom is 0.297 e. The van der Waals surface area contributed by atoms with E-state index in [1.54, 1.807) is 10.7 Å². The number of ether oxygens (including phenoxy) is 1. The molecular formula is C19H20N4O2S. The van der Waals surface area contributed by atoms with E-state index in [9.17, 15) is 4.79 Å². The molecule has 7 heteroatoms. The highest BCUT2D eigenvalue weighted by molar-refractivity contribution is 7.16. The van der Waals surface area contributed by atoms with Gasteiger partial charge in [-0.2, -0.15) is 10.1 Å². The van der Waals surface area contributed by atoms with Gasteiger partial charge < -0.3 is 9.30 Å². The van der Waals surface area contributed by atoms with Crippen LogP contribution < -0.4 is 9.54 Å². The highest BCUT2D eigenvalue weighted by Gasteiger charge is 2.14. The summed E-state index contributed by atoms with van der Waals surface area (Å²) < 4.78 is 10.1. The number of hydrogen-bond acceptors (Lipinski definition) is 4. The number of carbonyl (C=O) groups excluding carboxylic acids is 1. The molecule has 3 aromatic rings. The summed E-state index contributed by atoms with van der Waals surface area (Å²) in [6.07, 6.45) is 5.52. The Hall–Kier alpha value is -2.85. The lowest BCUT2D eigenvalue weighted by Gasteiger charge is -2.03. The van der Waals surface area contributed by atoms with Crippen LogP contribution >= 0.6 is 11.3 Å². The second-order valence-electron chi connectivity index (χ2n) is 5.64. The molecule has 2 aromatic heterocycles. The Kier molecular flexibility index (Phi) is 5.24. The zero-order valence-corrected chi connectivity index (χ0v) is 15.8. The van der Waals surface area contributed by atoms with E-state index in [1.165, 1.54) is 11.3 Å². The zero-order valence-electron chi connectivity index (χ0n) is 15.0. The summed E-state index contributed by atoms with van der Waals surface area (Å²) in [7, 11) is 0. The number of amides is 1. The number of hydrogen-bond donors (Lipinski definition) is 0. The molecule has 0 aliphatic rings. The Bertz CT molecular complexity index is 1070. The number of carbonyl (C=O) groups is 1. The van der Waals surface area contributed by atoms with Gasteiger partial charge in [0, 0.05) is 6.54 Å². The van der Waals surface area contributed by atoms with Crippen molar-refractivity contribution in [3.8, 4) is 18.1 Å². The second kappa shape index (κ2) is 7.58. The molecule has 134 valence electrons. The first-order valence-corrected chi connectivity index (χ1v) is 9.22. The normalized spacial score (nSPS) is 11.7. The predicted molar refractivity (Wildman–Crippen MR) is 102 cm³/mol. The number of fused-ring (bicyclic) bond motifs is 1. The molecular weight excluding hydrogens is 348 g/mol. The zero-order chi connectivity index (χ0) is 18.7. The van der Waals surface area contributed by atoms with Gasteiger partial charge >= 0.3 is 0 Å². The summed E-state index contributed by atoms with van der Waals surface area (Å²) in [4.78, 5) is 17.6. The van der Waals surface area contributed by atoms with E-state index in [-0.39, 0.29) is 5.91 Å². The Labute approximate surface area is 155 Å². The van der Waals surface area contributed by atoms with E-state index in [0.717, 1.165) is 21.7 Å². The van der Waals surface area contributed by atoms with E-state index in [2.05, 4.69) is 16.0 Å². The molecule has 6 nitrogen and oxygen atoms in total. The van der Waals surface area contributed by atoms with E-state index in [1.807, 2.05) is 43.5 Å². The molecule has 0 saturated carbocycles. The van der Waals surface area contributed by atoms with Crippen molar-refractivity contribution in [3.05, 3.63) is 40.5 Å². The van der Waals surface area contributed by atoms with Crippen molar-refractivity contribution >= 4 is 27.5 Å². The van der Waals surface area contributed by atoms with Crippen LogP contribution in [0, 0.1) is 19.3 Å². The van der Waals surface area contributed by atoms with E-state index in [0.29, 0.717) is 30.2 Å². The standard InChI is InChI=1S/C19H20N4O2S/c1-5-10-22-15-9-8-14(25-7-3)12-17(15)26-19(22)20-18(24)16-11-13(4)21-23(16)6-2/h1,8-9,11-12H,6-7,10H2,2-4H3. The number of aryl methyl sites for hydroxylation is 2. The van der Waals surface area contributed by atoms with E-state index in [4.69, 9.17) is 11.2 Å². The smallest absolute Gasteiger partial charge is 0.297 e. The minimum Gasteiger partial charge on any atom is -0.494 e. The molecule has 1 amide bonds. The Morgan fingerprint density at radius 2 is 2.19 bits per heavy atom. The van der Waals surface area contributed by atoms with Crippen LogP contribution in [0.1, 0.15) is 30.0 Å². The van der Waals surface area contributed by atoms with Crippen molar-refractivity contribution in [2.45, 2.75) is 33.9 Å². The molecule has 0 saturated heterocycles. The van der Waals surface area contributed by atoms with Gasteiger partial charge in [-0.25, -0.2) is 0 Å². The minimum absolute atomic E-state index is 0.324. The molecule has 0 radical (unpaired) electrons. The number of rotatable bonds is 5. The molecule has 0 atom stereocenters. The summed E-state index contributed by atoms with van der Waals surface area (Å²) in [6.45, 7) is 7.28. The Morgan fingerprint density at radius 3 is 2.88 bits per heavy atom. The third-order valence-electron chi connectivity index (χ3n) is 3.83. The average Bonchev–Trinajstić information content (AvgIpc) is 3.16. The van der Waals surface area contributed by atoms with Crippen LogP contribution in [0.5, 0.6) is 5.75 Å². The summed E-state index contributed by atoms with van der Waals surface area (Å²) >= 11 is 1.42. The Morgan fingerprint density at radius 1 is 1.38 bits per heavy atom. The number of aromatic nitrogens is 3. The van der Waals surface area contributed by atoms with Crippen LogP contribution in [-0.2, 0) is 13.1 Å². The van der Waals surface area contributed by atoms with E-state index >= 15 is 0 Å². The number of nitrogens with zero attached hydrogens (tertiary/aromatic N) is 4. The molecule has 0 unspecified atom stereocenters. The van der Waals surface area contributed by atoms with Crippen LogP contribution in [0.25, 0.3) is 10.2 Å². The molecule has 1 aromatic carbocycles. The van der Waals surface area contributed by atoms with Gasteiger partial charge in [0.15, 0.2) is 4.80 Å². The van der Waals surface area contributed by atoms with Gasteiger partial charge in [0.25, 0.3) is 5.91 Å². The lowest BCUT2D eigenvalue weighted by Crippen LogP contribution is -2.18. The summed E-state index contributed by atoms with van der Waals surface area (Å²) in [5.41, 5.74) is 2.20. The fourth-order valence-corrected chi connectivity index (χ4v) is 3.80. The largest absolute Gasteiger partial charge is 0.494 e. The molecule has 26 heavy (non-hydrogen) atoms. The molecule has 2 heterocycles. The average molecular weight is 368 g/mol. The fourth-order valence-electron chi connectivity index (χ4n) is 2.74. The van der Waals surface area contributed by atoms with Crippen LogP contribution in [0.2, 0.25) is 0 Å². The first-order chi connectivity index (χ1) is 12.6. The van der Waals surface area contributed by atoms with Gasteiger partial charge in [0.2, 0.25) is 0 Å². The van der Waals surface area contributed by atoms with Crippen molar-refractivity contribution in [2.75, 3.05) is 6.61 Å². The van der Waals surface area contributed by atoms with Gasteiger partial charge in [0.1, 0.15) is 11.4 Å². The maximum atomic E-state index is 12.7. The van der Waals surface area contributed by atoms with Crippen molar-refractivity contribution in [1.82, 2.24) is 14.3 Å². The fraction of sp³-hybridized carbons (Fsp3) is 0.316. The lowest BCUT2D eigenvalue weighted by atomic mass is 10.3. The number of terminal acetylenes is 1. The predicted octanol–water partition coefficient (Wildman–Crippen LogP) is 3.00. The molecule has 0 spiro atoms. The Balaban J connectivity index is 2.13. The van der Waals surface area contributed by atoms with Crippen LogP contribution in [0.3, 0.4) is 0 Å². The van der Waals surface area contributed by atoms with E-state index < -0.39 is 0 Å². The van der Waals surface area contributed by atoms with Crippen LogP contribution in [-0.4, -0.2) is 26.9 Å². The van der Waals surface area contributed by atoms with Gasteiger partial charge in [-0.15, -0.1) is 6.42 Å². The number of thiazole rings is 1. The van der Waals surface area contributed by atoms with Gasteiger partial charge in [0.05, 0.1) is 29.1 Å². The molecule has 3 rings (SSSR count). The quantitative estimate of drug-likeness (QED) is 0.651. The van der Waals surface area contributed by atoms with Crippen LogP contribution in [0.4, 0.5) is 0 Å². The molecule has 0 fully saturated rings. The summed E-state index contributed by atoms with van der Waals surface area (Å²) in [5, 5.41) is 4.31. The highest BCUT2D eigenvalue weighted by atomic mass is 32.1. The first kappa shape index (κ1) is 18.0. The van der Waals surface area contributed by atoms with Crippen LogP contribution in [0.15, 0.2) is 29.3 Å². The maximum absolute atomic E-state index is 12.7. The molecule has 0 aliphatic heterocycles. The molecule has 0 bridgehead atoms. The minimum atomic E-state index is -0.324. The first-order valence-electron chi connectivity index (χ1n) is 8.40. The monoisotopic (exact) mass is 368 g/mol. The SMILES string of the molecule is C#CCn1c(=NC(=O)c2cc(C)nn2CC)sc2cc(OCC)ccc21. The topological polar surface area (TPSA) is 61.4 Å². The van der Waals surface area contributed by atoms with Crippen molar-refractivity contribution in [1.29, 1.82) is 0 Å². The number of benzene rings is 1. The third-order valence-corrected chi connectivity index (χ3v) is 4.87. The second-order valence-corrected chi connectivity index (χ2v) is 6.65. The van der Waals surface area contributed by atoms with Crippen molar-refractivity contribution < 1.29 is 9.53 Å². The van der Waals surface area contributed by atoms with Gasteiger partial charge in [-0.3, -0.25) is 9.48 Å². The van der Waals surface area contributed by atoms with Crippen molar-refractivity contribution in [2.24, 2.45) is 4.99 Å².